The number of rotatable bonds is 26. The topological polar surface area (TPSA) is 60.4 Å². The number of nitrogens with zero attached hydrogens (tertiary/aromatic N) is 1. The van der Waals surface area contributed by atoms with Crippen LogP contribution in [0.25, 0.3) is 0 Å². The molecule has 0 aliphatic carbocycles. The minimum absolute atomic E-state index is 0.179. The molecule has 0 saturated heterocycles. The van der Waals surface area contributed by atoms with Gasteiger partial charge in [-0.3, -0.25) is 0 Å². The molecule has 0 aromatic heterocycles. The van der Waals surface area contributed by atoms with E-state index >= 15 is 0 Å². The molecule has 4 nitrogen and oxygen atoms in total. The molecule has 0 aromatic carbocycles. The minimum atomic E-state index is -0.929. The quantitative estimate of drug-likeness (QED) is 0.112. The van der Waals surface area contributed by atoms with E-state index in [2.05, 4.69) is 21.0 Å². The average Bonchev–Trinajstić information content (AvgIpc) is 2.75. The third kappa shape index (κ3) is 25.8. The lowest BCUT2D eigenvalue weighted by molar-refractivity contribution is -0.893. The van der Waals surface area contributed by atoms with Crippen LogP contribution in [-0.4, -0.2) is 48.8 Å². The third-order valence-corrected chi connectivity index (χ3v) is 6.99. The molecule has 4 heteroatoms. The Kier molecular flexibility index (Phi) is 22.7. The first kappa shape index (κ1) is 32.4. The van der Waals surface area contributed by atoms with Crippen molar-refractivity contribution >= 4 is 5.97 Å². The van der Waals surface area contributed by atoms with Crippen LogP contribution in [0.5, 0.6) is 0 Å². The molecule has 0 spiro atoms. The van der Waals surface area contributed by atoms with Crippen LogP contribution in [0.1, 0.15) is 148 Å². The molecule has 198 valence electrons. The Hall–Kier alpha value is -0.610. The molecule has 0 aliphatic rings. The highest BCUT2D eigenvalue weighted by Gasteiger charge is 2.19. The molecule has 1 atom stereocenters. The second kappa shape index (κ2) is 23.1. The fourth-order valence-corrected chi connectivity index (χ4v) is 4.84. The van der Waals surface area contributed by atoms with Crippen LogP contribution in [0.4, 0.5) is 0 Å². The Balaban J connectivity index is 3.44. The van der Waals surface area contributed by atoms with E-state index in [1.165, 1.54) is 103 Å². The van der Waals surface area contributed by atoms with E-state index in [0.717, 1.165) is 49.7 Å². The monoisotopic (exact) mass is 469 g/mol. The number of aliphatic hydroxyl groups is 1. The molecule has 1 unspecified atom stereocenters. The summed E-state index contributed by atoms with van der Waals surface area (Å²) < 4.78 is 0.893. The standard InChI is InChI=1S/C29H59NO3/c1-4-5-6-7-8-9-10-11-12-13-14-15-18-21-24-28(31)27-30(2,3)26-23-20-17-16-19-22-25-29(32)33/h28,31H,4-27H2,1-3H3. The average molecular weight is 470 g/mol. The number of carbonyl (C=O) groups excluding carboxylic acids is 1. The maximum atomic E-state index is 10.5. The van der Waals surface area contributed by atoms with Gasteiger partial charge in [0.15, 0.2) is 0 Å². The number of hydrogen-bond acceptors (Lipinski definition) is 3. The van der Waals surface area contributed by atoms with Crippen LogP contribution >= 0.6 is 0 Å². The summed E-state index contributed by atoms with van der Waals surface area (Å²) in [5, 5.41) is 20.8. The van der Waals surface area contributed by atoms with Gasteiger partial charge in [0.2, 0.25) is 0 Å². The summed E-state index contributed by atoms with van der Waals surface area (Å²) in [6.45, 7) is 4.24. The zero-order valence-electron chi connectivity index (χ0n) is 22.8. The first-order chi connectivity index (χ1) is 15.9. The van der Waals surface area contributed by atoms with E-state index < -0.39 is 5.97 Å². The van der Waals surface area contributed by atoms with Crippen LogP contribution in [-0.2, 0) is 4.79 Å². The van der Waals surface area contributed by atoms with Crippen LogP contribution < -0.4 is 5.11 Å². The normalized spacial score (nSPS) is 12.8. The number of quaternary nitrogens is 1. The minimum Gasteiger partial charge on any atom is -0.550 e. The summed E-state index contributed by atoms with van der Waals surface area (Å²) >= 11 is 0. The van der Waals surface area contributed by atoms with E-state index in [-0.39, 0.29) is 12.5 Å². The van der Waals surface area contributed by atoms with Gasteiger partial charge in [0.05, 0.1) is 20.6 Å². The molecule has 0 radical (unpaired) electrons. The molecule has 0 saturated carbocycles. The SMILES string of the molecule is CCCCCCCCCCCCCCCCC(O)C[N+](C)(C)CCCCCCCCC(=O)[O-]. The molecule has 33 heavy (non-hydrogen) atoms. The zero-order valence-corrected chi connectivity index (χ0v) is 22.8. The number of aliphatic carboxylic acids is 1. The lowest BCUT2D eigenvalue weighted by atomic mass is 10.0. The number of hydrogen-bond donors (Lipinski definition) is 1. The van der Waals surface area contributed by atoms with Gasteiger partial charge < -0.3 is 19.5 Å². The maximum absolute atomic E-state index is 10.5. The van der Waals surface area contributed by atoms with Crippen molar-refractivity contribution in [2.24, 2.45) is 0 Å². The highest BCUT2D eigenvalue weighted by atomic mass is 16.4. The fraction of sp³-hybridized carbons (Fsp3) is 0.966. The molecule has 0 aromatic rings. The summed E-state index contributed by atoms with van der Waals surface area (Å²) in [6.07, 6.45) is 26.6. The van der Waals surface area contributed by atoms with Crippen molar-refractivity contribution in [3.63, 3.8) is 0 Å². The summed E-state index contributed by atoms with van der Waals surface area (Å²) in [5.74, 6) is -0.929. The van der Waals surface area contributed by atoms with Gasteiger partial charge in [0.1, 0.15) is 12.6 Å². The van der Waals surface area contributed by atoms with Gasteiger partial charge >= 0.3 is 0 Å². The van der Waals surface area contributed by atoms with Gasteiger partial charge in [-0.25, -0.2) is 0 Å². The van der Waals surface area contributed by atoms with E-state index in [0.29, 0.717) is 0 Å². The number of aliphatic hydroxyl groups excluding tert-OH is 1. The van der Waals surface area contributed by atoms with E-state index in [1.54, 1.807) is 0 Å². The largest absolute Gasteiger partial charge is 0.550 e. The second-order valence-corrected chi connectivity index (χ2v) is 11.1. The Labute approximate surface area is 207 Å². The van der Waals surface area contributed by atoms with Gasteiger partial charge in [0.25, 0.3) is 0 Å². The lowest BCUT2D eigenvalue weighted by Crippen LogP contribution is -2.45. The molecular formula is C29H59NO3. The van der Waals surface area contributed by atoms with Crippen molar-refractivity contribution in [1.29, 1.82) is 0 Å². The van der Waals surface area contributed by atoms with Crippen LogP contribution in [0.3, 0.4) is 0 Å². The highest BCUT2D eigenvalue weighted by molar-refractivity contribution is 5.63. The molecule has 0 amide bonds. The Bertz CT molecular complexity index is 425. The predicted octanol–water partition coefficient (Wildman–Crippen LogP) is 6.78. The summed E-state index contributed by atoms with van der Waals surface area (Å²) in [7, 11) is 4.46. The molecule has 0 fully saturated rings. The Morgan fingerprint density at radius 2 is 1.06 bits per heavy atom. The van der Waals surface area contributed by atoms with Gasteiger partial charge in [-0.15, -0.1) is 0 Å². The van der Waals surface area contributed by atoms with Crippen LogP contribution in [0, 0.1) is 0 Å². The lowest BCUT2D eigenvalue weighted by Gasteiger charge is -2.32. The number of carbonyl (C=O) groups is 1. The van der Waals surface area contributed by atoms with Crippen molar-refractivity contribution in [2.45, 2.75) is 154 Å². The summed E-state index contributed by atoms with van der Waals surface area (Å²) in [6, 6.07) is 0. The van der Waals surface area contributed by atoms with Gasteiger partial charge in [-0.2, -0.15) is 0 Å². The first-order valence-corrected chi connectivity index (χ1v) is 14.6. The first-order valence-electron chi connectivity index (χ1n) is 14.6. The molecule has 0 bridgehead atoms. The van der Waals surface area contributed by atoms with Crippen molar-refractivity contribution in [2.75, 3.05) is 27.2 Å². The summed E-state index contributed by atoms with van der Waals surface area (Å²) in [4.78, 5) is 10.4. The van der Waals surface area contributed by atoms with Crippen molar-refractivity contribution in [1.82, 2.24) is 0 Å². The smallest absolute Gasteiger partial charge is 0.105 e. The molecule has 0 heterocycles. The molecule has 1 N–H and O–H groups in total. The van der Waals surface area contributed by atoms with E-state index in [1.807, 2.05) is 0 Å². The Morgan fingerprint density at radius 3 is 1.52 bits per heavy atom. The second-order valence-electron chi connectivity index (χ2n) is 11.1. The van der Waals surface area contributed by atoms with Gasteiger partial charge in [0, 0.05) is 5.97 Å². The van der Waals surface area contributed by atoms with Gasteiger partial charge in [-0.05, 0) is 32.1 Å². The third-order valence-electron chi connectivity index (χ3n) is 6.99. The van der Waals surface area contributed by atoms with Crippen LogP contribution in [0.15, 0.2) is 0 Å². The van der Waals surface area contributed by atoms with Crippen molar-refractivity contribution in [3.8, 4) is 0 Å². The maximum Gasteiger partial charge on any atom is 0.105 e. The fourth-order valence-electron chi connectivity index (χ4n) is 4.84. The summed E-state index contributed by atoms with van der Waals surface area (Å²) in [5.41, 5.74) is 0. The van der Waals surface area contributed by atoms with E-state index in [4.69, 9.17) is 0 Å². The zero-order chi connectivity index (χ0) is 24.6. The number of likely N-dealkylation sites (N-methyl/N-ethyl adjacent to an activating group) is 1. The molecular weight excluding hydrogens is 410 g/mol. The number of unbranched alkanes of at least 4 members (excludes halogenated alkanes) is 18. The van der Waals surface area contributed by atoms with Crippen LogP contribution in [0.2, 0.25) is 0 Å². The number of carboxylic acid groups (broad SMARTS) is 1. The van der Waals surface area contributed by atoms with E-state index in [9.17, 15) is 15.0 Å². The van der Waals surface area contributed by atoms with Gasteiger partial charge in [-0.1, -0.05) is 116 Å². The molecule has 0 rings (SSSR count). The molecule has 0 aliphatic heterocycles. The number of carboxylic acids is 1. The Morgan fingerprint density at radius 1 is 0.667 bits per heavy atom. The highest BCUT2D eigenvalue weighted by Crippen LogP contribution is 2.15. The van der Waals surface area contributed by atoms with Crippen molar-refractivity contribution < 1.29 is 19.5 Å². The predicted molar refractivity (Wildman–Crippen MR) is 140 cm³/mol. The van der Waals surface area contributed by atoms with Crippen molar-refractivity contribution in [3.05, 3.63) is 0 Å².